The number of carbonyl (C=O) groups is 1. The van der Waals surface area contributed by atoms with Crippen molar-refractivity contribution in [1.29, 1.82) is 0 Å². The monoisotopic (exact) mass is 322 g/mol. The van der Waals surface area contributed by atoms with Gasteiger partial charge in [-0.05, 0) is 17.7 Å². The maximum atomic E-state index is 11.5. The van der Waals surface area contributed by atoms with E-state index < -0.39 is 0 Å². The zero-order valence-corrected chi connectivity index (χ0v) is 11.4. The van der Waals surface area contributed by atoms with E-state index in [9.17, 15) is 9.59 Å². The molecule has 0 fully saturated rings. The van der Waals surface area contributed by atoms with Gasteiger partial charge < -0.3 is 5.10 Å². The van der Waals surface area contributed by atoms with Crippen LogP contribution >= 0.6 is 15.9 Å². The van der Waals surface area contributed by atoms with Gasteiger partial charge in [0.1, 0.15) is 0 Å². The first-order valence-electron chi connectivity index (χ1n) is 5.47. The minimum atomic E-state index is -0.304. The van der Waals surface area contributed by atoms with Crippen LogP contribution in [-0.4, -0.2) is 22.3 Å². The summed E-state index contributed by atoms with van der Waals surface area (Å²) in [6.45, 7) is 0. The molecule has 0 saturated heterocycles. The Kier molecular flexibility index (Phi) is 4.30. The highest BCUT2D eigenvalue weighted by Gasteiger charge is 2.03. The van der Waals surface area contributed by atoms with Gasteiger partial charge in [0.05, 0.1) is 12.6 Å². The van der Waals surface area contributed by atoms with E-state index in [0.29, 0.717) is 5.69 Å². The van der Waals surface area contributed by atoms with Crippen molar-refractivity contribution in [2.75, 3.05) is 0 Å². The van der Waals surface area contributed by atoms with Crippen LogP contribution in [0.2, 0.25) is 0 Å². The fourth-order valence-electron chi connectivity index (χ4n) is 1.45. The third-order valence-electron chi connectivity index (χ3n) is 2.25. The van der Waals surface area contributed by atoms with Gasteiger partial charge in [-0.25, -0.2) is 5.43 Å². The second-order valence-corrected chi connectivity index (χ2v) is 4.72. The molecule has 0 aliphatic heterocycles. The number of nitrogens with zero attached hydrogens (tertiary/aromatic N) is 1. The number of hydrogen-bond donors (Lipinski definition) is 3. The van der Waals surface area contributed by atoms with Crippen LogP contribution in [0.25, 0.3) is 0 Å². The molecular formula is C12H11BrN4O2. The third-order valence-corrected chi connectivity index (χ3v) is 2.75. The number of rotatable bonds is 4. The molecule has 2 aromatic rings. The standard InChI is InChI=1S/C12H11BrN4O2/c13-9-3-1-2-8(4-9)7-14-16-11(18)5-10-6-12(19)17-15-10/h1-4,6-7H,5H2,(H,16,18)(H2,15,17,19)/b14-7-. The number of amides is 1. The number of carbonyl (C=O) groups excluding carboxylic acids is 1. The lowest BCUT2D eigenvalue weighted by Crippen LogP contribution is -2.20. The summed E-state index contributed by atoms with van der Waals surface area (Å²) in [6, 6.07) is 8.84. The van der Waals surface area contributed by atoms with E-state index in [1.165, 1.54) is 6.07 Å². The number of nitrogens with one attached hydrogen (secondary N) is 3. The van der Waals surface area contributed by atoms with E-state index in [0.717, 1.165) is 10.0 Å². The van der Waals surface area contributed by atoms with Crippen LogP contribution in [0.3, 0.4) is 0 Å². The van der Waals surface area contributed by atoms with Gasteiger partial charge in [-0.2, -0.15) is 5.10 Å². The highest BCUT2D eigenvalue weighted by Crippen LogP contribution is 2.09. The first-order chi connectivity index (χ1) is 9.13. The topological polar surface area (TPSA) is 90.1 Å². The summed E-state index contributed by atoms with van der Waals surface area (Å²) >= 11 is 3.34. The molecule has 0 radical (unpaired) electrons. The molecule has 98 valence electrons. The summed E-state index contributed by atoms with van der Waals surface area (Å²) in [5.74, 6) is -0.304. The lowest BCUT2D eigenvalue weighted by molar-refractivity contribution is -0.120. The van der Waals surface area contributed by atoms with Gasteiger partial charge in [0, 0.05) is 16.2 Å². The maximum absolute atomic E-state index is 11.5. The first kappa shape index (κ1) is 13.3. The fraction of sp³-hybridized carbons (Fsp3) is 0.0833. The molecule has 2 rings (SSSR count). The number of aromatic amines is 2. The smallest absolute Gasteiger partial charge is 0.264 e. The van der Waals surface area contributed by atoms with Crippen molar-refractivity contribution in [3.8, 4) is 0 Å². The van der Waals surface area contributed by atoms with Crippen LogP contribution in [0, 0.1) is 0 Å². The molecule has 0 atom stereocenters. The molecule has 0 bridgehead atoms. The van der Waals surface area contributed by atoms with Crippen molar-refractivity contribution in [1.82, 2.24) is 15.6 Å². The zero-order chi connectivity index (χ0) is 13.7. The van der Waals surface area contributed by atoms with Crippen molar-refractivity contribution in [3.05, 3.63) is 56.4 Å². The molecular weight excluding hydrogens is 312 g/mol. The summed E-state index contributed by atoms with van der Waals surface area (Å²) in [4.78, 5) is 22.4. The average molecular weight is 323 g/mol. The van der Waals surface area contributed by atoms with E-state index >= 15 is 0 Å². The number of benzene rings is 1. The van der Waals surface area contributed by atoms with Crippen molar-refractivity contribution in [2.45, 2.75) is 6.42 Å². The van der Waals surface area contributed by atoms with E-state index in [1.54, 1.807) is 6.21 Å². The summed E-state index contributed by atoms with van der Waals surface area (Å²) < 4.78 is 0.938. The SMILES string of the molecule is O=C(Cc1cc(=O)[nH][nH]1)N/N=C\c1cccc(Br)c1. The van der Waals surface area contributed by atoms with E-state index in [1.807, 2.05) is 24.3 Å². The summed E-state index contributed by atoms with van der Waals surface area (Å²) in [5.41, 5.74) is 3.50. The van der Waals surface area contributed by atoms with Crippen LogP contribution in [0.1, 0.15) is 11.3 Å². The van der Waals surface area contributed by atoms with Gasteiger partial charge in [0.15, 0.2) is 0 Å². The Morgan fingerprint density at radius 3 is 2.89 bits per heavy atom. The molecule has 0 unspecified atom stereocenters. The van der Waals surface area contributed by atoms with Gasteiger partial charge >= 0.3 is 0 Å². The van der Waals surface area contributed by atoms with Gasteiger partial charge in [0.2, 0.25) is 5.91 Å². The van der Waals surface area contributed by atoms with Crippen molar-refractivity contribution >= 4 is 28.1 Å². The van der Waals surface area contributed by atoms with Crippen LogP contribution < -0.4 is 11.0 Å². The summed E-state index contributed by atoms with van der Waals surface area (Å²) in [5, 5.41) is 8.79. The minimum Gasteiger partial charge on any atom is -0.302 e. The Labute approximate surface area is 117 Å². The molecule has 7 heteroatoms. The Bertz CT molecular complexity index is 659. The molecule has 19 heavy (non-hydrogen) atoms. The normalized spacial score (nSPS) is 10.8. The number of aromatic nitrogens is 2. The molecule has 1 aromatic carbocycles. The molecule has 1 heterocycles. The number of hydrogen-bond acceptors (Lipinski definition) is 3. The quantitative estimate of drug-likeness (QED) is 0.582. The lowest BCUT2D eigenvalue weighted by Gasteiger charge is -1.97. The fourth-order valence-corrected chi connectivity index (χ4v) is 1.86. The first-order valence-corrected chi connectivity index (χ1v) is 6.27. The molecule has 6 nitrogen and oxygen atoms in total. The van der Waals surface area contributed by atoms with E-state index in [4.69, 9.17) is 0 Å². The Morgan fingerprint density at radius 1 is 1.37 bits per heavy atom. The van der Waals surface area contributed by atoms with Crippen molar-refractivity contribution in [3.63, 3.8) is 0 Å². The average Bonchev–Trinajstić information content (AvgIpc) is 2.75. The second-order valence-electron chi connectivity index (χ2n) is 3.81. The maximum Gasteiger partial charge on any atom is 0.264 e. The highest BCUT2D eigenvalue weighted by atomic mass is 79.9. The molecule has 0 aliphatic rings. The zero-order valence-electron chi connectivity index (χ0n) is 9.81. The Balaban J connectivity index is 1.88. The Hall–Kier alpha value is -2.15. The predicted octanol–water partition coefficient (Wildman–Crippen LogP) is 1.16. The van der Waals surface area contributed by atoms with Crippen LogP contribution in [-0.2, 0) is 11.2 Å². The van der Waals surface area contributed by atoms with Gasteiger partial charge in [-0.15, -0.1) is 0 Å². The number of halogens is 1. The summed E-state index contributed by atoms with van der Waals surface area (Å²) in [7, 11) is 0. The van der Waals surface area contributed by atoms with Gasteiger partial charge in [-0.1, -0.05) is 28.1 Å². The molecule has 1 aromatic heterocycles. The van der Waals surface area contributed by atoms with Gasteiger partial charge in [-0.3, -0.25) is 14.7 Å². The second kappa shape index (κ2) is 6.14. The highest BCUT2D eigenvalue weighted by molar-refractivity contribution is 9.10. The largest absolute Gasteiger partial charge is 0.302 e. The van der Waals surface area contributed by atoms with E-state index in [-0.39, 0.29) is 17.9 Å². The molecule has 0 aliphatic carbocycles. The van der Waals surface area contributed by atoms with Gasteiger partial charge in [0.25, 0.3) is 5.56 Å². The van der Waals surface area contributed by atoms with Crippen LogP contribution in [0.5, 0.6) is 0 Å². The minimum absolute atomic E-state index is 0.0641. The number of H-pyrrole nitrogens is 2. The van der Waals surface area contributed by atoms with Crippen molar-refractivity contribution in [2.24, 2.45) is 5.10 Å². The lowest BCUT2D eigenvalue weighted by atomic mass is 10.2. The van der Waals surface area contributed by atoms with Crippen LogP contribution in [0.4, 0.5) is 0 Å². The molecule has 0 saturated carbocycles. The molecule has 1 amide bonds. The molecule has 3 N–H and O–H groups in total. The van der Waals surface area contributed by atoms with E-state index in [2.05, 4.69) is 36.7 Å². The number of hydrazone groups is 1. The molecule has 0 spiro atoms. The third kappa shape index (κ3) is 4.22. The van der Waals surface area contributed by atoms with Crippen molar-refractivity contribution < 1.29 is 4.79 Å². The Morgan fingerprint density at radius 2 is 2.21 bits per heavy atom. The summed E-state index contributed by atoms with van der Waals surface area (Å²) in [6.07, 6.45) is 1.61. The predicted molar refractivity (Wildman–Crippen MR) is 75.0 cm³/mol. The van der Waals surface area contributed by atoms with Crippen LogP contribution in [0.15, 0.2) is 44.7 Å².